The van der Waals surface area contributed by atoms with Gasteiger partial charge in [0, 0.05) is 6.54 Å². The van der Waals surface area contributed by atoms with Crippen LogP contribution in [-0.4, -0.2) is 12.5 Å². The molecule has 1 amide bonds. The highest BCUT2D eigenvalue weighted by atomic mass is 79.9. The molecule has 4 heteroatoms. The van der Waals surface area contributed by atoms with Gasteiger partial charge >= 0.3 is 0 Å². The lowest BCUT2D eigenvalue weighted by molar-refractivity contribution is 0.0954. The zero-order chi connectivity index (χ0) is 11.9. The van der Waals surface area contributed by atoms with E-state index in [4.69, 9.17) is 0 Å². The van der Waals surface area contributed by atoms with Crippen LogP contribution in [0.4, 0.5) is 0 Å². The summed E-state index contributed by atoms with van der Waals surface area (Å²) in [5, 5.41) is 3.01. The second-order valence-electron chi connectivity index (χ2n) is 5.17. The van der Waals surface area contributed by atoms with E-state index in [2.05, 4.69) is 35.1 Å². The average Bonchev–Trinajstić information content (AvgIpc) is 2.66. The lowest BCUT2D eigenvalue weighted by Crippen LogP contribution is -2.25. The first kappa shape index (κ1) is 12.1. The molecule has 0 saturated heterocycles. The molecule has 0 radical (unpaired) electrons. The van der Waals surface area contributed by atoms with E-state index in [-0.39, 0.29) is 5.91 Å². The van der Waals surface area contributed by atoms with Crippen molar-refractivity contribution >= 4 is 33.2 Å². The van der Waals surface area contributed by atoms with Gasteiger partial charge in [0.25, 0.3) is 5.91 Å². The van der Waals surface area contributed by atoms with Crippen LogP contribution in [0.5, 0.6) is 0 Å². The second kappa shape index (κ2) is 4.15. The van der Waals surface area contributed by atoms with Gasteiger partial charge in [-0.05, 0) is 52.2 Å². The van der Waals surface area contributed by atoms with E-state index in [0.717, 1.165) is 20.8 Å². The zero-order valence-corrected chi connectivity index (χ0v) is 12.2. The van der Waals surface area contributed by atoms with Crippen LogP contribution in [0.3, 0.4) is 0 Å². The highest BCUT2D eigenvalue weighted by Gasteiger charge is 2.45. The number of hydrogen-bond acceptors (Lipinski definition) is 2. The number of carbonyl (C=O) groups is 1. The Morgan fingerprint density at radius 1 is 1.69 bits per heavy atom. The Labute approximate surface area is 109 Å². The number of aryl methyl sites for hydroxylation is 1. The van der Waals surface area contributed by atoms with Crippen molar-refractivity contribution in [2.45, 2.75) is 27.2 Å². The van der Waals surface area contributed by atoms with Crippen LogP contribution < -0.4 is 5.32 Å². The van der Waals surface area contributed by atoms with Crippen LogP contribution in [0, 0.1) is 18.3 Å². The molecular formula is C12H16BrNOS. The topological polar surface area (TPSA) is 29.1 Å². The first-order chi connectivity index (χ1) is 7.40. The van der Waals surface area contributed by atoms with Crippen molar-refractivity contribution in [1.29, 1.82) is 0 Å². The molecule has 1 unspecified atom stereocenters. The van der Waals surface area contributed by atoms with Gasteiger partial charge in [-0.1, -0.05) is 13.8 Å². The van der Waals surface area contributed by atoms with Crippen LogP contribution in [-0.2, 0) is 0 Å². The number of rotatable bonds is 3. The summed E-state index contributed by atoms with van der Waals surface area (Å²) in [7, 11) is 0. The highest BCUT2D eigenvalue weighted by molar-refractivity contribution is 9.11. The van der Waals surface area contributed by atoms with E-state index < -0.39 is 0 Å². The Hall–Kier alpha value is -0.350. The lowest BCUT2D eigenvalue weighted by Gasteiger charge is -2.04. The van der Waals surface area contributed by atoms with Crippen molar-refractivity contribution in [1.82, 2.24) is 5.32 Å². The maximum Gasteiger partial charge on any atom is 0.261 e. The molecule has 0 bridgehead atoms. The number of thiophene rings is 1. The molecule has 1 saturated carbocycles. The Morgan fingerprint density at radius 3 is 2.75 bits per heavy atom. The van der Waals surface area contributed by atoms with Crippen molar-refractivity contribution in [3.63, 3.8) is 0 Å². The molecule has 1 aliphatic carbocycles. The summed E-state index contributed by atoms with van der Waals surface area (Å²) in [4.78, 5) is 12.6. The van der Waals surface area contributed by atoms with Crippen LogP contribution in [0.15, 0.2) is 9.85 Å². The number of halogens is 1. The normalized spacial score (nSPS) is 21.9. The zero-order valence-electron chi connectivity index (χ0n) is 9.76. The summed E-state index contributed by atoms with van der Waals surface area (Å²) < 4.78 is 1.05. The Morgan fingerprint density at radius 2 is 2.31 bits per heavy atom. The molecule has 88 valence electrons. The summed E-state index contributed by atoms with van der Waals surface area (Å²) in [5.41, 5.74) is 1.56. The molecule has 2 rings (SSSR count). The fourth-order valence-electron chi connectivity index (χ4n) is 1.80. The van der Waals surface area contributed by atoms with Crippen molar-refractivity contribution in [2.24, 2.45) is 11.3 Å². The molecule has 0 aliphatic heterocycles. The molecule has 0 spiro atoms. The Balaban J connectivity index is 1.89. The monoisotopic (exact) mass is 301 g/mol. The number of nitrogens with one attached hydrogen (secondary N) is 1. The first-order valence-corrected chi connectivity index (χ1v) is 7.05. The molecule has 0 aromatic carbocycles. The van der Waals surface area contributed by atoms with Gasteiger partial charge in [0.1, 0.15) is 0 Å². The van der Waals surface area contributed by atoms with E-state index in [1.165, 1.54) is 17.8 Å². The SMILES string of the molecule is Cc1cc(C(=O)NCC2CC2(C)C)sc1Br. The predicted octanol–water partition coefficient (Wildman–Crippen LogP) is 3.59. The maximum absolute atomic E-state index is 11.8. The van der Waals surface area contributed by atoms with Crippen molar-refractivity contribution in [3.05, 3.63) is 20.3 Å². The largest absolute Gasteiger partial charge is 0.351 e. The third-order valence-electron chi connectivity index (χ3n) is 3.31. The minimum atomic E-state index is 0.0569. The van der Waals surface area contributed by atoms with Gasteiger partial charge in [-0.25, -0.2) is 0 Å². The molecule has 1 aliphatic rings. The van der Waals surface area contributed by atoms with E-state index in [1.807, 2.05) is 13.0 Å². The maximum atomic E-state index is 11.8. The first-order valence-electron chi connectivity index (χ1n) is 5.44. The van der Waals surface area contributed by atoms with Gasteiger partial charge < -0.3 is 5.32 Å². The van der Waals surface area contributed by atoms with E-state index in [0.29, 0.717) is 11.3 Å². The molecule has 1 atom stereocenters. The molecule has 1 aromatic rings. The van der Waals surface area contributed by atoms with Gasteiger partial charge in [0.2, 0.25) is 0 Å². The van der Waals surface area contributed by atoms with Gasteiger partial charge in [0.15, 0.2) is 0 Å². The summed E-state index contributed by atoms with van der Waals surface area (Å²) in [6.07, 6.45) is 1.22. The third-order valence-corrected chi connectivity index (χ3v) is 5.44. The minimum Gasteiger partial charge on any atom is -0.351 e. The molecular weight excluding hydrogens is 286 g/mol. The van der Waals surface area contributed by atoms with Gasteiger partial charge in [-0.3, -0.25) is 4.79 Å². The van der Waals surface area contributed by atoms with Crippen molar-refractivity contribution in [3.8, 4) is 0 Å². The minimum absolute atomic E-state index is 0.0569. The number of carbonyl (C=O) groups excluding carboxylic acids is 1. The van der Waals surface area contributed by atoms with E-state index >= 15 is 0 Å². The summed E-state index contributed by atoms with van der Waals surface area (Å²) in [6.45, 7) is 7.30. The van der Waals surface area contributed by atoms with Crippen LogP contribution in [0.25, 0.3) is 0 Å². The summed E-state index contributed by atoms with van der Waals surface area (Å²) >= 11 is 4.93. The number of hydrogen-bond donors (Lipinski definition) is 1. The average molecular weight is 302 g/mol. The van der Waals surface area contributed by atoms with Gasteiger partial charge in [0.05, 0.1) is 8.66 Å². The summed E-state index contributed by atoms with van der Waals surface area (Å²) in [5.74, 6) is 0.711. The smallest absolute Gasteiger partial charge is 0.261 e. The molecule has 1 N–H and O–H groups in total. The molecule has 1 aromatic heterocycles. The van der Waals surface area contributed by atoms with Crippen molar-refractivity contribution < 1.29 is 4.79 Å². The predicted molar refractivity (Wildman–Crippen MR) is 71.0 cm³/mol. The lowest BCUT2D eigenvalue weighted by atomic mass is 10.1. The molecule has 2 nitrogen and oxygen atoms in total. The van der Waals surface area contributed by atoms with Crippen molar-refractivity contribution in [2.75, 3.05) is 6.54 Å². The van der Waals surface area contributed by atoms with Crippen LogP contribution in [0.2, 0.25) is 0 Å². The molecule has 16 heavy (non-hydrogen) atoms. The standard InChI is InChI=1S/C12H16BrNOS/c1-7-4-9(16-10(7)13)11(15)14-6-8-5-12(8,2)3/h4,8H,5-6H2,1-3H3,(H,14,15). The highest BCUT2D eigenvalue weighted by Crippen LogP contribution is 2.51. The third kappa shape index (κ3) is 2.48. The van der Waals surface area contributed by atoms with E-state index in [9.17, 15) is 4.79 Å². The number of amides is 1. The quantitative estimate of drug-likeness (QED) is 0.908. The second-order valence-corrected chi connectivity index (χ2v) is 7.54. The fraction of sp³-hybridized carbons (Fsp3) is 0.583. The Kier molecular flexibility index (Phi) is 3.14. The van der Waals surface area contributed by atoms with Crippen LogP contribution in [0.1, 0.15) is 35.5 Å². The van der Waals surface area contributed by atoms with E-state index in [1.54, 1.807) is 0 Å². The fourth-order valence-corrected chi connectivity index (χ4v) is 3.25. The van der Waals surface area contributed by atoms with Gasteiger partial charge in [-0.15, -0.1) is 11.3 Å². The van der Waals surface area contributed by atoms with Gasteiger partial charge in [-0.2, -0.15) is 0 Å². The molecule has 1 heterocycles. The Bertz CT molecular complexity index is 405. The summed E-state index contributed by atoms with van der Waals surface area (Å²) in [6, 6.07) is 1.93. The molecule has 1 fully saturated rings. The van der Waals surface area contributed by atoms with Crippen LogP contribution >= 0.6 is 27.3 Å².